The molecule has 0 heterocycles. The van der Waals surface area contributed by atoms with Crippen molar-refractivity contribution in [3.63, 3.8) is 0 Å². The molecule has 0 fully saturated rings. The van der Waals surface area contributed by atoms with E-state index in [2.05, 4.69) is 5.32 Å². The number of nitrogens with one attached hydrogen (secondary N) is 1. The number of rotatable bonds is 7. The molecule has 0 saturated carbocycles. The van der Waals surface area contributed by atoms with Gasteiger partial charge >= 0.3 is 5.97 Å². The van der Waals surface area contributed by atoms with E-state index < -0.39 is 12.0 Å². The second kappa shape index (κ2) is 7.32. The van der Waals surface area contributed by atoms with Crippen molar-refractivity contribution in [1.29, 1.82) is 0 Å². The van der Waals surface area contributed by atoms with Crippen LogP contribution in [0.25, 0.3) is 0 Å². The van der Waals surface area contributed by atoms with Crippen molar-refractivity contribution in [3.05, 3.63) is 0 Å². The van der Waals surface area contributed by atoms with Crippen molar-refractivity contribution < 1.29 is 14.7 Å². The maximum absolute atomic E-state index is 11.2. The molecule has 5 nitrogen and oxygen atoms in total. The topological polar surface area (TPSA) is 92.4 Å². The second-order valence-corrected chi connectivity index (χ2v) is 3.18. The first-order chi connectivity index (χ1) is 6.57. The lowest BCUT2D eigenvalue weighted by atomic mass is 10.1. The number of carboxylic acid groups (broad SMARTS) is 1. The van der Waals surface area contributed by atoms with E-state index in [1.54, 1.807) is 0 Å². The predicted molar refractivity (Wildman–Crippen MR) is 52.8 cm³/mol. The molecule has 1 unspecified atom stereocenters. The SMILES string of the molecule is CCCCNC(=O)C(N)CCC(=O)O. The molecule has 82 valence electrons. The maximum atomic E-state index is 11.2. The number of carbonyl (C=O) groups is 2. The summed E-state index contributed by atoms with van der Waals surface area (Å²) < 4.78 is 0. The van der Waals surface area contributed by atoms with Crippen LogP contribution in [0.2, 0.25) is 0 Å². The van der Waals surface area contributed by atoms with Gasteiger partial charge in [-0.3, -0.25) is 9.59 Å². The van der Waals surface area contributed by atoms with E-state index in [0.717, 1.165) is 12.8 Å². The number of aliphatic carboxylic acids is 1. The fraction of sp³-hybridized carbons (Fsp3) is 0.778. The first-order valence-electron chi connectivity index (χ1n) is 4.83. The highest BCUT2D eigenvalue weighted by atomic mass is 16.4. The highest BCUT2D eigenvalue weighted by Gasteiger charge is 2.13. The standard InChI is InChI=1S/C9H18N2O3/c1-2-3-6-11-9(14)7(10)4-5-8(12)13/h7H,2-6,10H2,1H3,(H,11,14)(H,12,13). The van der Waals surface area contributed by atoms with E-state index in [1.165, 1.54) is 0 Å². The van der Waals surface area contributed by atoms with Crippen molar-refractivity contribution in [1.82, 2.24) is 5.32 Å². The third kappa shape index (κ3) is 6.42. The van der Waals surface area contributed by atoms with Gasteiger partial charge in [-0.15, -0.1) is 0 Å². The van der Waals surface area contributed by atoms with Gasteiger partial charge in [-0.1, -0.05) is 13.3 Å². The predicted octanol–water partition coefficient (Wildman–Crippen LogP) is 0.0948. The van der Waals surface area contributed by atoms with Gasteiger partial charge in [0, 0.05) is 13.0 Å². The summed E-state index contributed by atoms with van der Waals surface area (Å²) >= 11 is 0. The van der Waals surface area contributed by atoms with E-state index >= 15 is 0 Å². The van der Waals surface area contributed by atoms with E-state index in [4.69, 9.17) is 10.8 Å². The Labute approximate surface area is 83.7 Å². The molecule has 0 bridgehead atoms. The van der Waals surface area contributed by atoms with Gasteiger partial charge in [0.05, 0.1) is 6.04 Å². The molecule has 0 aromatic carbocycles. The van der Waals surface area contributed by atoms with Gasteiger partial charge in [0.1, 0.15) is 0 Å². The Morgan fingerprint density at radius 1 is 1.50 bits per heavy atom. The van der Waals surface area contributed by atoms with Crippen LogP contribution in [-0.4, -0.2) is 29.6 Å². The van der Waals surface area contributed by atoms with E-state index in [-0.39, 0.29) is 18.7 Å². The van der Waals surface area contributed by atoms with Crippen LogP contribution in [0.3, 0.4) is 0 Å². The third-order valence-corrected chi connectivity index (χ3v) is 1.84. The average Bonchev–Trinajstić information content (AvgIpc) is 2.14. The first kappa shape index (κ1) is 12.9. The summed E-state index contributed by atoms with van der Waals surface area (Å²) in [6.45, 7) is 2.63. The summed E-state index contributed by atoms with van der Waals surface area (Å²) in [5.74, 6) is -1.19. The lowest BCUT2D eigenvalue weighted by Crippen LogP contribution is -2.41. The van der Waals surface area contributed by atoms with Gasteiger partial charge in [-0.05, 0) is 12.8 Å². The lowest BCUT2D eigenvalue weighted by molar-refractivity contribution is -0.137. The molecule has 0 saturated heterocycles. The molecule has 0 aliphatic carbocycles. The summed E-state index contributed by atoms with van der Waals surface area (Å²) in [5.41, 5.74) is 5.47. The third-order valence-electron chi connectivity index (χ3n) is 1.84. The minimum atomic E-state index is -0.929. The Hall–Kier alpha value is -1.10. The van der Waals surface area contributed by atoms with Crippen LogP contribution >= 0.6 is 0 Å². The molecule has 4 N–H and O–H groups in total. The second-order valence-electron chi connectivity index (χ2n) is 3.18. The first-order valence-corrected chi connectivity index (χ1v) is 4.83. The van der Waals surface area contributed by atoms with Gasteiger partial charge < -0.3 is 16.2 Å². The Balaban J connectivity index is 3.59. The summed E-state index contributed by atoms with van der Waals surface area (Å²) in [4.78, 5) is 21.4. The number of amides is 1. The normalized spacial score (nSPS) is 12.1. The fourth-order valence-corrected chi connectivity index (χ4v) is 0.930. The van der Waals surface area contributed by atoms with Crippen LogP contribution in [0.5, 0.6) is 0 Å². The van der Waals surface area contributed by atoms with Crippen molar-refractivity contribution in [3.8, 4) is 0 Å². The van der Waals surface area contributed by atoms with Crippen LogP contribution in [0.1, 0.15) is 32.6 Å². The zero-order chi connectivity index (χ0) is 11.0. The summed E-state index contributed by atoms with van der Waals surface area (Å²) in [7, 11) is 0. The summed E-state index contributed by atoms with van der Waals surface area (Å²) in [6, 6.07) is -0.706. The van der Waals surface area contributed by atoms with Crippen LogP contribution in [0.15, 0.2) is 0 Å². The van der Waals surface area contributed by atoms with E-state index in [1.807, 2.05) is 6.92 Å². The summed E-state index contributed by atoms with van der Waals surface area (Å²) in [6.07, 6.45) is 2.04. The summed E-state index contributed by atoms with van der Waals surface area (Å²) in [5, 5.41) is 11.0. The maximum Gasteiger partial charge on any atom is 0.303 e. The molecule has 0 spiro atoms. The van der Waals surface area contributed by atoms with Crippen LogP contribution in [0, 0.1) is 0 Å². The smallest absolute Gasteiger partial charge is 0.303 e. The number of carbonyl (C=O) groups excluding carboxylic acids is 1. The monoisotopic (exact) mass is 202 g/mol. The molecule has 1 atom stereocenters. The van der Waals surface area contributed by atoms with Crippen molar-refractivity contribution in [2.45, 2.75) is 38.6 Å². The number of unbranched alkanes of at least 4 members (excludes halogenated alkanes) is 1. The molecule has 5 heteroatoms. The number of nitrogens with two attached hydrogens (primary N) is 1. The largest absolute Gasteiger partial charge is 0.481 e. The van der Waals surface area contributed by atoms with E-state index in [0.29, 0.717) is 6.54 Å². The van der Waals surface area contributed by atoms with Gasteiger partial charge in [0.2, 0.25) is 5.91 Å². The lowest BCUT2D eigenvalue weighted by Gasteiger charge is -2.10. The van der Waals surface area contributed by atoms with Gasteiger partial charge in [-0.25, -0.2) is 0 Å². The number of hydrogen-bond acceptors (Lipinski definition) is 3. The Morgan fingerprint density at radius 3 is 2.64 bits per heavy atom. The van der Waals surface area contributed by atoms with Crippen molar-refractivity contribution >= 4 is 11.9 Å². The molecule has 0 aliphatic rings. The van der Waals surface area contributed by atoms with E-state index in [9.17, 15) is 9.59 Å². The quantitative estimate of drug-likeness (QED) is 0.510. The molecule has 0 aromatic rings. The van der Waals surface area contributed by atoms with Gasteiger partial charge in [0.15, 0.2) is 0 Å². The molecular weight excluding hydrogens is 184 g/mol. The van der Waals surface area contributed by atoms with Crippen LogP contribution in [0.4, 0.5) is 0 Å². The highest BCUT2D eigenvalue weighted by molar-refractivity contribution is 5.82. The number of carboxylic acids is 1. The molecule has 0 aliphatic heterocycles. The van der Waals surface area contributed by atoms with Gasteiger partial charge in [0.25, 0.3) is 0 Å². The molecule has 0 radical (unpaired) electrons. The molecule has 14 heavy (non-hydrogen) atoms. The van der Waals surface area contributed by atoms with Crippen molar-refractivity contribution in [2.75, 3.05) is 6.54 Å². The Bertz CT molecular complexity index is 194. The zero-order valence-corrected chi connectivity index (χ0v) is 8.45. The number of hydrogen-bond donors (Lipinski definition) is 3. The van der Waals surface area contributed by atoms with Gasteiger partial charge in [-0.2, -0.15) is 0 Å². The zero-order valence-electron chi connectivity index (χ0n) is 8.45. The average molecular weight is 202 g/mol. The Kier molecular flexibility index (Phi) is 6.74. The van der Waals surface area contributed by atoms with Crippen LogP contribution in [-0.2, 0) is 9.59 Å². The molecule has 0 rings (SSSR count). The van der Waals surface area contributed by atoms with Crippen LogP contribution < -0.4 is 11.1 Å². The minimum Gasteiger partial charge on any atom is -0.481 e. The molecular formula is C9H18N2O3. The molecule has 1 amide bonds. The fourth-order valence-electron chi connectivity index (χ4n) is 0.930. The van der Waals surface area contributed by atoms with Crippen molar-refractivity contribution in [2.24, 2.45) is 5.73 Å². The molecule has 0 aromatic heterocycles. The Morgan fingerprint density at radius 2 is 2.14 bits per heavy atom. The highest BCUT2D eigenvalue weighted by Crippen LogP contribution is 1.94. The minimum absolute atomic E-state index is 0.0671.